The van der Waals surface area contributed by atoms with Gasteiger partial charge in [-0.05, 0) is 58.6 Å². The number of nitrogens with zero attached hydrogens (tertiary/aromatic N) is 1. The van der Waals surface area contributed by atoms with Crippen molar-refractivity contribution in [2.45, 2.75) is 64.8 Å². The molecule has 0 heterocycles. The van der Waals surface area contributed by atoms with Crippen molar-refractivity contribution in [1.29, 1.82) is 0 Å². The summed E-state index contributed by atoms with van der Waals surface area (Å²) in [5.41, 5.74) is 3.71. The Bertz CT molecular complexity index is 600. The van der Waals surface area contributed by atoms with E-state index in [1.54, 1.807) is 12.1 Å². The molecule has 0 saturated carbocycles. The number of carbonyl (C=O) groups is 2. The van der Waals surface area contributed by atoms with Crippen LogP contribution >= 0.6 is 0 Å². The van der Waals surface area contributed by atoms with Crippen LogP contribution < -0.4 is 5.43 Å². The number of allylic oxidation sites excluding steroid dienone is 1. The van der Waals surface area contributed by atoms with Crippen molar-refractivity contribution in [1.82, 2.24) is 10.4 Å². The molecule has 1 aromatic carbocycles. The zero-order valence-corrected chi connectivity index (χ0v) is 15.0. The number of carbonyl (C=O) groups excluding carboxylic acids is 2. The molecule has 4 heteroatoms. The number of benzene rings is 1. The molecule has 2 amide bonds. The fourth-order valence-corrected chi connectivity index (χ4v) is 2.80. The minimum atomic E-state index is -0.509. The number of hydrogen-bond donors (Lipinski definition) is 1. The molecule has 0 fully saturated rings. The topological polar surface area (TPSA) is 49.4 Å². The molecule has 1 aromatic rings. The van der Waals surface area contributed by atoms with Gasteiger partial charge in [-0.15, -0.1) is 0 Å². The Morgan fingerprint density at radius 1 is 1.00 bits per heavy atom. The summed E-state index contributed by atoms with van der Waals surface area (Å²) >= 11 is 0. The third kappa shape index (κ3) is 4.95. The molecule has 0 spiro atoms. The molecule has 4 nitrogen and oxygen atoms in total. The van der Waals surface area contributed by atoms with Crippen LogP contribution in [0.5, 0.6) is 0 Å². The normalized spacial score (nSPS) is 15.7. The van der Waals surface area contributed by atoms with E-state index in [1.165, 1.54) is 11.4 Å². The zero-order chi connectivity index (χ0) is 17.6. The molecule has 24 heavy (non-hydrogen) atoms. The monoisotopic (exact) mass is 328 g/mol. The van der Waals surface area contributed by atoms with Crippen LogP contribution in [-0.2, 0) is 4.79 Å². The lowest BCUT2D eigenvalue weighted by Crippen LogP contribution is -2.56. The molecule has 0 aliphatic heterocycles. The first-order chi connectivity index (χ1) is 11.4. The number of hydrazine groups is 1. The summed E-state index contributed by atoms with van der Waals surface area (Å²) in [6, 6.07) is 9.06. The molecule has 2 rings (SSSR count). The van der Waals surface area contributed by atoms with E-state index in [0.29, 0.717) is 5.56 Å². The molecule has 0 radical (unpaired) electrons. The van der Waals surface area contributed by atoms with Gasteiger partial charge < -0.3 is 0 Å². The van der Waals surface area contributed by atoms with Crippen molar-refractivity contribution >= 4 is 11.8 Å². The Balaban J connectivity index is 2.17. The van der Waals surface area contributed by atoms with Gasteiger partial charge in [0.2, 0.25) is 0 Å². The first kappa shape index (κ1) is 18.2. The Labute approximate surface area is 144 Å². The summed E-state index contributed by atoms with van der Waals surface area (Å²) in [4.78, 5) is 25.5. The second-order valence-corrected chi connectivity index (χ2v) is 7.30. The highest BCUT2D eigenvalue weighted by molar-refractivity contribution is 5.99. The minimum absolute atomic E-state index is 0.156. The lowest BCUT2D eigenvalue weighted by molar-refractivity contribution is -0.123. The van der Waals surface area contributed by atoms with Gasteiger partial charge in [0.15, 0.2) is 0 Å². The van der Waals surface area contributed by atoms with Gasteiger partial charge in [-0.3, -0.25) is 15.0 Å². The molecule has 130 valence electrons. The van der Waals surface area contributed by atoms with Crippen molar-refractivity contribution in [2.24, 2.45) is 0 Å². The van der Waals surface area contributed by atoms with E-state index in [1.807, 2.05) is 45.0 Å². The molecular weight excluding hydrogens is 300 g/mol. The summed E-state index contributed by atoms with van der Waals surface area (Å²) in [6.07, 6.45) is 8.29. The molecule has 0 saturated heterocycles. The van der Waals surface area contributed by atoms with Crippen LogP contribution in [0.3, 0.4) is 0 Å². The van der Waals surface area contributed by atoms with E-state index in [0.717, 1.165) is 37.7 Å². The van der Waals surface area contributed by atoms with E-state index >= 15 is 0 Å². The Morgan fingerprint density at radius 3 is 2.33 bits per heavy atom. The first-order valence-electron chi connectivity index (χ1n) is 8.79. The average molecular weight is 328 g/mol. The zero-order valence-electron chi connectivity index (χ0n) is 15.0. The largest absolute Gasteiger partial charge is 0.272 e. The van der Waals surface area contributed by atoms with Gasteiger partial charge in [0.25, 0.3) is 11.8 Å². The Morgan fingerprint density at radius 2 is 1.67 bits per heavy atom. The SMILES string of the molecule is CC(C)(C)N(NC(=O)C1=CCCCCCC1)C(=O)c1ccccc1. The molecule has 0 unspecified atom stereocenters. The molecular formula is C20H28N2O2. The van der Waals surface area contributed by atoms with Crippen LogP contribution in [0.1, 0.15) is 69.7 Å². The van der Waals surface area contributed by atoms with Gasteiger partial charge in [-0.2, -0.15) is 0 Å². The van der Waals surface area contributed by atoms with Crippen molar-refractivity contribution in [3.63, 3.8) is 0 Å². The van der Waals surface area contributed by atoms with Crippen molar-refractivity contribution in [2.75, 3.05) is 0 Å². The molecule has 0 bridgehead atoms. The standard InChI is InChI=1S/C20H28N2O2/c1-20(2,3)22(19(24)17-14-10-7-11-15-17)21-18(23)16-12-8-5-4-6-9-13-16/h7,10-12,14-15H,4-6,8-9,13H2,1-3H3,(H,21,23). The highest BCUT2D eigenvalue weighted by atomic mass is 16.2. The Hall–Kier alpha value is -2.10. The van der Waals surface area contributed by atoms with E-state index in [9.17, 15) is 9.59 Å². The average Bonchev–Trinajstić information content (AvgIpc) is 2.51. The van der Waals surface area contributed by atoms with Crippen molar-refractivity contribution in [3.8, 4) is 0 Å². The summed E-state index contributed by atoms with van der Waals surface area (Å²) in [6.45, 7) is 5.75. The van der Waals surface area contributed by atoms with Crippen molar-refractivity contribution < 1.29 is 9.59 Å². The summed E-state index contributed by atoms with van der Waals surface area (Å²) in [5.74, 6) is -0.348. The first-order valence-corrected chi connectivity index (χ1v) is 8.79. The number of hydrogen-bond acceptors (Lipinski definition) is 2. The molecule has 0 atom stereocenters. The number of amides is 2. The second kappa shape index (κ2) is 8.13. The third-order valence-electron chi connectivity index (χ3n) is 4.19. The predicted octanol–water partition coefficient (Wildman–Crippen LogP) is 4.24. The number of nitrogens with one attached hydrogen (secondary N) is 1. The van der Waals surface area contributed by atoms with Gasteiger partial charge >= 0.3 is 0 Å². The second-order valence-electron chi connectivity index (χ2n) is 7.30. The van der Waals surface area contributed by atoms with Crippen LogP contribution in [0.25, 0.3) is 0 Å². The van der Waals surface area contributed by atoms with Crippen molar-refractivity contribution in [3.05, 3.63) is 47.5 Å². The van der Waals surface area contributed by atoms with Crippen LogP contribution in [0.15, 0.2) is 42.0 Å². The maximum atomic E-state index is 12.8. The van der Waals surface area contributed by atoms with Gasteiger partial charge in [-0.1, -0.05) is 37.1 Å². The lowest BCUT2D eigenvalue weighted by atomic mass is 9.99. The fourth-order valence-electron chi connectivity index (χ4n) is 2.80. The molecule has 1 aliphatic carbocycles. The summed E-state index contributed by atoms with van der Waals surface area (Å²) in [7, 11) is 0. The van der Waals surface area contributed by atoms with Crippen LogP contribution in [-0.4, -0.2) is 22.4 Å². The third-order valence-corrected chi connectivity index (χ3v) is 4.19. The van der Waals surface area contributed by atoms with Gasteiger partial charge in [0.05, 0.1) is 5.54 Å². The Kier molecular flexibility index (Phi) is 6.18. The highest BCUT2D eigenvalue weighted by Crippen LogP contribution is 2.19. The van der Waals surface area contributed by atoms with Gasteiger partial charge in [-0.25, -0.2) is 5.01 Å². The quantitative estimate of drug-likeness (QED) is 0.826. The van der Waals surface area contributed by atoms with Crippen LogP contribution in [0.4, 0.5) is 0 Å². The minimum Gasteiger partial charge on any atom is -0.268 e. The highest BCUT2D eigenvalue weighted by Gasteiger charge is 2.29. The van der Waals surface area contributed by atoms with Gasteiger partial charge in [0.1, 0.15) is 0 Å². The molecule has 0 aromatic heterocycles. The van der Waals surface area contributed by atoms with Crippen LogP contribution in [0.2, 0.25) is 0 Å². The van der Waals surface area contributed by atoms with E-state index in [4.69, 9.17) is 0 Å². The number of rotatable bonds is 2. The lowest BCUT2D eigenvalue weighted by Gasteiger charge is -2.35. The fraction of sp³-hybridized carbons (Fsp3) is 0.500. The van der Waals surface area contributed by atoms with Gasteiger partial charge in [0, 0.05) is 11.1 Å². The maximum absolute atomic E-state index is 12.8. The summed E-state index contributed by atoms with van der Waals surface area (Å²) in [5, 5.41) is 1.45. The smallest absolute Gasteiger partial charge is 0.268 e. The van der Waals surface area contributed by atoms with E-state index in [-0.39, 0.29) is 11.8 Å². The van der Waals surface area contributed by atoms with Crippen LogP contribution in [0, 0.1) is 0 Å². The maximum Gasteiger partial charge on any atom is 0.272 e. The molecule has 1 aliphatic rings. The van der Waals surface area contributed by atoms with E-state index in [2.05, 4.69) is 5.43 Å². The predicted molar refractivity (Wildman–Crippen MR) is 96.3 cm³/mol. The molecule has 1 N–H and O–H groups in total. The van der Waals surface area contributed by atoms with E-state index < -0.39 is 5.54 Å². The summed E-state index contributed by atoms with van der Waals surface area (Å²) < 4.78 is 0.